The quantitative estimate of drug-likeness (QED) is 0.528. The summed E-state index contributed by atoms with van der Waals surface area (Å²) in [4.78, 5) is 15.9. The average Bonchev–Trinajstić information content (AvgIpc) is 2.69. The maximum Gasteiger partial charge on any atom is 0.256 e. The van der Waals surface area contributed by atoms with Crippen molar-refractivity contribution in [3.05, 3.63) is 88.2 Å². The third kappa shape index (κ3) is 3.13. The Morgan fingerprint density at radius 1 is 0.741 bits per heavy atom. The molecule has 0 aliphatic rings. The van der Waals surface area contributed by atoms with Gasteiger partial charge >= 0.3 is 0 Å². The van der Waals surface area contributed by atoms with Gasteiger partial charge in [-0.15, -0.1) is 0 Å². The molecule has 0 atom stereocenters. The lowest BCUT2D eigenvalue weighted by Gasteiger charge is -2.15. The monoisotopic (exact) mass is 355 g/mol. The fraction of sp³-hybridized carbons (Fsp3) is 0.125. The van der Waals surface area contributed by atoms with Gasteiger partial charge in [-0.25, -0.2) is 0 Å². The van der Waals surface area contributed by atoms with E-state index in [-0.39, 0.29) is 5.56 Å². The summed E-state index contributed by atoms with van der Waals surface area (Å²) in [5, 5.41) is 1.65. The Labute approximate surface area is 158 Å². The molecule has 27 heavy (non-hydrogen) atoms. The first-order valence-electron chi connectivity index (χ1n) is 8.95. The second kappa shape index (κ2) is 6.76. The maximum absolute atomic E-state index is 12.8. The molecule has 0 saturated heterocycles. The van der Waals surface area contributed by atoms with Crippen LogP contribution in [0.3, 0.4) is 0 Å². The highest BCUT2D eigenvalue weighted by Gasteiger charge is 2.15. The van der Waals surface area contributed by atoms with E-state index in [2.05, 4.69) is 24.0 Å². The minimum atomic E-state index is -0.0680. The number of nitrogens with one attached hydrogen (secondary N) is 1. The molecule has 0 spiro atoms. The van der Waals surface area contributed by atoms with Crippen LogP contribution in [-0.4, -0.2) is 12.1 Å². The van der Waals surface area contributed by atoms with Crippen molar-refractivity contribution in [1.29, 1.82) is 0 Å². The van der Waals surface area contributed by atoms with E-state index >= 15 is 0 Å². The van der Waals surface area contributed by atoms with Crippen LogP contribution in [0.2, 0.25) is 0 Å². The topological polar surface area (TPSA) is 42.1 Å². The van der Waals surface area contributed by atoms with Crippen LogP contribution in [0.1, 0.15) is 11.1 Å². The summed E-state index contributed by atoms with van der Waals surface area (Å²) in [6, 6.07) is 22.2. The molecule has 0 radical (unpaired) electrons. The van der Waals surface area contributed by atoms with Crippen molar-refractivity contribution < 1.29 is 4.74 Å². The molecule has 0 bridgehead atoms. The number of pyridine rings is 1. The van der Waals surface area contributed by atoms with E-state index < -0.39 is 0 Å². The van der Waals surface area contributed by atoms with Crippen molar-refractivity contribution in [2.45, 2.75) is 13.8 Å². The Balaban J connectivity index is 2.08. The molecular formula is C24H21NO2. The third-order valence-corrected chi connectivity index (χ3v) is 4.90. The molecule has 1 aromatic heterocycles. The number of ether oxygens (including phenoxy) is 1. The largest absolute Gasteiger partial charge is 0.497 e. The van der Waals surface area contributed by atoms with Gasteiger partial charge in [-0.05, 0) is 48.6 Å². The molecule has 1 N–H and O–H groups in total. The molecule has 4 rings (SSSR count). The second-order valence-electron chi connectivity index (χ2n) is 6.85. The molecule has 1 heterocycles. The predicted octanol–water partition coefficient (Wildman–Crippen LogP) is 5.49. The first-order chi connectivity index (χ1) is 13.1. The highest BCUT2D eigenvalue weighted by molar-refractivity contribution is 6.02. The molecule has 0 aliphatic heterocycles. The Morgan fingerprint density at radius 2 is 1.37 bits per heavy atom. The van der Waals surface area contributed by atoms with Crippen LogP contribution in [0.15, 0.2) is 71.5 Å². The third-order valence-electron chi connectivity index (χ3n) is 4.90. The Morgan fingerprint density at radius 3 is 2.04 bits per heavy atom. The molecule has 0 saturated carbocycles. The molecule has 134 valence electrons. The van der Waals surface area contributed by atoms with E-state index in [4.69, 9.17) is 4.74 Å². The lowest BCUT2D eigenvalue weighted by Crippen LogP contribution is -2.09. The Hall–Kier alpha value is -3.33. The second-order valence-corrected chi connectivity index (χ2v) is 6.85. The molecule has 4 aromatic rings. The normalized spacial score (nSPS) is 10.9. The van der Waals surface area contributed by atoms with Crippen molar-refractivity contribution in [1.82, 2.24) is 4.98 Å². The van der Waals surface area contributed by atoms with Crippen LogP contribution in [0, 0.1) is 13.8 Å². The zero-order chi connectivity index (χ0) is 19.0. The van der Waals surface area contributed by atoms with E-state index in [0.29, 0.717) is 5.39 Å². The summed E-state index contributed by atoms with van der Waals surface area (Å²) >= 11 is 0. The van der Waals surface area contributed by atoms with E-state index in [1.165, 1.54) is 5.56 Å². The molecule has 0 amide bonds. The first kappa shape index (κ1) is 17.1. The van der Waals surface area contributed by atoms with Gasteiger partial charge in [-0.1, -0.05) is 59.7 Å². The van der Waals surface area contributed by atoms with Gasteiger partial charge in [0.1, 0.15) is 5.75 Å². The SMILES string of the molecule is COc1ccc(-c2c(-c3ccc(C)cc3)[nH]c(=O)c3cc(C)ccc23)cc1. The number of H-pyrrole nitrogens is 1. The standard InChI is InChI=1S/C24H21NO2/c1-15-4-7-18(8-5-15)23-22(17-9-11-19(27-3)12-10-17)20-13-6-16(2)14-21(20)24(26)25-23/h4-14H,1-3H3,(H,25,26). The molecular weight excluding hydrogens is 334 g/mol. The van der Waals surface area contributed by atoms with E-state index in [0.717, 1.165) is 39.1 Å². The van der Waals surface area contributed by atoms with E-state index in [1.54, 1.807) is 7.11 Å². The number of rotatable bonds is 3. The van der Waals surface area contributed by atoms with Crippen molar-refractivity contribution >= 4 is 10.8 Å². The van der Waals surface area contributed by atoms with Gasteiger partial charge in [-0.3, -0.25) is 4.79 Å². The van der Waals surface area contributed by atoms with Crippen LogP contribution < -0.4 is 10.3 Å². The van der Waals surface area contributed by atoms with Crippen LogP contribution in [0.25, 0.3) is 33.2 Å². The summed E-state index contributed by atoms with van der Waals surface area (Å²) in [6.45, 7) is 4.06. The number of hydrogen-bond acceptors (Lipinski definition) is 2. The molecule has 3 nitrogen and oxygen atoms in total. The van der Waals surface area contributed by atoms with Gasteiger partial charge in [0.15, 0.2) is 0 Å². The minimum Gasteiger partial charge on any atom is -0.497 e. The summed E-state index contributed by atoms with van der Waals surface area (Å²) in [7, 11) is 1.66. The molecule has 0 aliphatic carbocycles. The fourth-order valence-corrected chi connectivity index (χ4v) is 3.44. The lowest BCUT2D eigenvalue weighted by atomic mass is 9.93. The van der Waals surface area contributed by atoms with Crippen LogP contribution in [0.4, 0.5) is 0 Å². The molecule has 3 aromatic carbocycles. The molecule has 0 unspecified atom stereocenters. The summed E-state index contributed by atoms with van der Waals surface area (Å²) in [5.41, 5.74) is 6.07. The highest BCUT2D eigenvalue weighted by atomic mass is 16.5. The number of fused-ring (bicyclic) bond motifs is 1. The average molecular weight is 355 g/mol. The molecule has 3 heteroatoms. The first-order valence-corrected chi connectivity index (χ1v) is 8.95. The minimum absolute atomic E-state index is 0.0680. The fourth-order valence-electron chi connectivity index (χ4n) is 3.44. The highest BCUT2D eigenvalue weighted by Crippen LogP contribution is 2.36. The number of aryl methyl sites for hydroxylation is 2. The Bertz CT molecular complexity index is 1170. The zero-order valence-corrected chi connectivity index (χ0v) is 15.7. The molecule has 0 fully saturated rings. The van der Waals surface area contributed by atoms with Gasteiger partial charge in [0.25, 0.3) is 5.56 Å². The number of aromatic amines is 1. The van der Waals surface area contributed by atoms with Crippen molar-refractivity contribution in [2.75, 3.05) is 7.11 Å². The number of methoxy groups -OCH3 is 1. The van der Waals surface area contributed by atoms with Crippen LogP contribution >= 0.6 is 0 Å². The Kier molecular flexibility index (Phi) is 4.28. The van der Waals surface area contributed by atoms with Gasteiger partial charge in [0.2, 0.25) is 0 Å². The van der Waals surface area contributed by atoms with E-state index in [9.17, 15) is 4.79 Å². The summed E-state index contributed by atoms with van der Waals surface area (Å²) < 4.78 is 5.30. The summed E-state index contributed by atoms with van der Waals surface area (Å²) in [5.74, 6) is 0.806. The lowest BCUT2D eigenvalue weighted by molar-refractivity contribution is 0.415. The van der Waals surface area contributed by atoms with Gasteiger partial charge in [0.05, 0.1) is 12.8 Å². The smallest absolute Gasteiger partial charge is 0.256 e. The number of aromatic nitrogens is 1. The van der Waals surface area contributed by atoms with Gasteiger partial charge < -0.3 is 9.72 Å². The zero-order valence-electron chi connectivity index (χ0n) is 15.7. The van der Waals surface area contributed by atoms with Crippen LogP contribution in [-0.2, 0) is 0 Å². The maximum atomic E-state index is 12.8. The van der Waals surface area contributed by atoms with Crippen LogP contribution in [0.5, 0.6) is 5.75 Å². The van der Waals surface area contributed by atoms with Crippen molar-refractivity contribution in [3.8, 4) is 28.1 Å². The van der Waals surface area contributed by atoms with Crippen molar-refractivity contribution in [3.63, 3.8) is 0 Å². The van der Waals surface area contributed by atoms with E-state index in [1.807, 2.05) is 61.5 Å². The van der Waals surface area contributed by atoms with Crippen molar-refractivity contribution in [2.24, 2.45) is 0 Å². The summed E-state index contributed by atoms with van der Waals surface area (Å²) in [6.07, 6.45) is 0. The predicted molar refractivity (Wildman–Crippen MR) is 111 cm³/mol. The van der Waals surface area contributed by atoms with Gasteiger partial charge in [0, 0.05) is 10.9 Å². The van der Waals surface area contributed by atoms with Gasteiger partial charge in [-0.2, -0.15) is 0 Å². The number of hydrogen-bond donors (Lipinski definition) is 1. The number of benzene rings is 3.